The maximum Gasteiger partial charge on any atom is 0.362 e. The van der Waals surface area contributed by atoms with Gasteiger partial charge < -0.3 is 9.63 Å². The van der Waals surface area contributed by atoms with E-state index in [1.54, 1.807) is 6.92 Å². The summed E-state index contributed by atoms with van der Waals surface area (Å²) in [4.78, 5) is 24.9. The van der Waals surface area contributed by atoms with Crippen molar-refractivity contribution >= 4 is 25.7 Å². The third-order valence-corrected chi connectivity index (χ3v) is 1.93. The molecule has 0 saturated heterocycles. The van der Waals surface area contributed by atoms with E-state index in [0.29, 0.717) is 6.61 Å². The Morgan fingerprint density at radius 2 is 2.43 bits per heavy atom. The van der Waals surface area contributed by atoms with Crippen LogP contribution in [0.15, 0.2) is 4.85 Å². The minimum atomic E-state index is -2.24. The van der Waals surface area contributed by atoms with Gasteiger partial charge in [0.25, 0.3) is 0 Å². The van der Waals surface area contributed by atoms with Crippen molar-refractivity contribution in [2.75, 3.05) is 13.2 Å². The van der Waals surface area contributed by atoms with Gasteiger partial charge in [0.05, 0.1) is 6.61 Å². The van der Waals surface area contributed by atoms with Crippen molar-refractivity contribution in [3.63, 3.8) is 0 Å². The van der Waals surface area contributed by atoms with Crippen molar-refractivity contribution in [1.29, 1.82) is 0 Å². The molecule has 0 amide bonds. The number of hydrogen-bond donors (Lipinski definition) is 1. The van der Waals surface area contributed by atoms with Gasteiger partial charge in [0, 0.05) is 4.85 Å². The Bertz CT molecular complexity index is 212. The molecule has 1 N–H and O–H groups in total. The number of esters is 1. The monoisotopic (exact) mass is 242 g/mol. The summed E-state index contributed by atoms with van der Waals surface area (Å²) < 4.78 is 9.17. The van der Waals surface area contributed by atoms with Gasteiger partial charge in [0.15, 0.2) is 5.56 Å². The van der Waals surface area contributed by atoms with Crippen molar-refractivity contribution in [1.82, 2.24) is 5.43 Å². The van der Waals surface area contributed by atoms with E-state index < -0.39 is 19.7 Å². The zero-order chi connectivity index (χ0) is 11.0. The van der Waals surface area contributed by atoms with Gasteiger partial charge in [0.1, 0.15) is 6.54 Å². The predicted octanol–water partition coefficient (Wildman–Crippen LogP) is 0.511. The average Bonchev–Trinajstić information content (AvgIpc) is 2.02. The first-order valence-electron chi connectivity index (χ1n) is 3.93. The Hall–Kier alpha value is -0.260. The van der Waals surface area contributed by atoms with Gasteiger partial charge in [-0.05, 0) is 13.8 Å². The van der Waals surface area contributed by atoms with Crippen LogP contribution in [0.1, 0.15) is 13.8 Å². The summed E-state index contributed by atoms with van der Waals surface area (Å²) in [6.45, 7) is 3.35. The van der Waals surface area contributed by atoms with Gasteiger partial charge in [-0.3, -0.25) is 4.79 Å². The molecule has 0 aromatic carbocycles. The normalized spacial score (nSPS) is 13.9. The lowest BCUT2D eigenvalue weighted by molar-refractivity contribution is -0.176. The highest BCUT2D eigenvalue weighted by Crippen LogP contribution is 2.18. The van der Waals surface area contributed by atoms with Crippen LogP contribution in [-0.4, -0.2) is 24.7 Å². The fourth-order valence-electron chi connectivity index (χ4n) is 0.517. The number of nitrogens with zero attached hydrogens (tertiary/aromatic N) is 1. The molecule has 0 rings (SSSR count). The smallest absolute Gasteiger partial charge is 0.362 e. The number of hydrogen-bond acceptors (Lipinski definition) is 5. The van der Waals surface area contributed by atoms with E-state index in [9.17, 15) is 9.69 Å². The third-order valence-electron chi connectivity index (χ3n) is 0.917. The van der Waals surface area contributed by atoms with E-state index in [0.717, 1.165) is 0 Å². The first-order chi connectivity index (χ1) is 6.56. The first-order valence-corrected chi connectivity index (χ1v) is 5.50. The molecule has 8 heteroatoms. The SMILES string of the molecule is CCOC(=O)CN/N=[P+](\[O-])O[C@H](C)Cl. The molecule has 0 saturated carbocycles. The molecule has 0 aromatic rings. The predicted molar refractivity (Wildman–Crippen MR) is 50.4 cm³/mol. The quantitative estimate of drug-likeness (QED) is 0.318. The summed E-state index contributed by atoms with van der Waals surface area (Å²) in [5, 5.41) is 0. The van der Waals surface area contributed by atoms with E-state index in [1.165, 1.54) is 6.92 Å². The Morgan fingerprint density at radius 1 is 1.79 bits per heavy atom. The highest BCUT2D eigenvalue weighted by atomic mass is 35.5. The molecule has 0 aliphatic carbocycles. The zero-order valence-corrected chi connectivity index (χ0v) is 9.55. The minimum Gasteiger partial charge on any atom is -0.582 e. The van der Waals surface area contributed by atoms with Gasteiger partial charge in [0.2, 0.25) is 0 Å². The fourth-order valence-corrected chi connectivity index (χ4v) is 1.20. The van der Waals surface area contributed by atoms with Crippen LogP contribution in [0.3, 0.4) is 0 Å². The van der Waals surface area contributed by atoms with Crippen molar-refractivity contribution in [2.24, 2.45) is 4.85 Å². The van der Waals surface area contributed by atoms with Crippen LogP contribution in [0, 0.1) is 0 Å². The Morgan fingerprint density at radius 3 is 2.93 bits per heavy atom. The Kier molecular flexibility index (Phi) is 7.93. The van der Waals surface area contributed by atoms with Crippen molar-refractivity contribution in [3.8, 4) is 0 Å². The standard InChI is InChI=1S/C6H12ClN2O4P/c1-3-12-6(10)4-8-9-14(11)13-5(2)7/h5,8H,3-4H2,1-2H3/t5-/m1/s1. The Labute approximate surface area is 88.1 Å². The lowest BCUT2D eigenvalue weighted by atomic mass is 10.7. The van der Waals surface area contributed by atoms with E-state index in [2.05, 4.69) is 19.5 Å². The van der Waals surface area contributed by atoms with Crippen LogP contribution < -0.4 is 10.3 Å². The molecule has 6 nitrogen and oxygen atoms in total. The summed E-state index contributed by atoms with van der Waals surface area (Å²) in [5.41, 5.74) is 1.57. The van der Waals surface area contributed by atoms with E-state index in [1.807, 2.05) is 0 Å². The molecular weight excluding hydrogens is 231 g/mol. The summed E-state index contributed by atoms with van der Waals surface area (Å²) in [5.74, 6) is -0.474. The van der Waals surface area contributed by atoms with Gasteiger partial charge in [-0.25, -0.2) is 0 Å². The van der Waals surface area contributed by atoms with Crippen molar-refractivity contribution in [3.05, 3.63) is 0 Å². The number of alkyl halides is 1. The minimum absolute atomic E-state index is 0.144. The lowest BCUT2D eigenvalue weighted by Gasteiger charge is -1.99. The van der Waals surface area contributed by atoms with E-state index in [4.69, 9.17) is 11.6 Å². The second kappa shape index (κ2) is 8.08. The molecule has 0 radical (unpaired) electrons. The van der Waals surface area contributed by atoms with Crippen LogP contribution in [0.4, 0.5) is 0 Å². The Balaban J connectivity index is 3.64. The van der Waals surface area contributed by atoms with E-state index >= 15 is 0 Å². The molecule has 0 spiro atoms. The first kappa shape index (κ1) is 13.7. The van der Waals surface area contributed by atoms with Crippen LogP contribution in [-0.2, 0) is 14.1 Å². The van der Waals surface area contributed by atoms with Gasteiger partial charge >= 0.3 is 14.1 Å². The molecular formula is C6H12ClN2O4P. The summed E-state index contributed by atoms with van der Waals surface area (Å²) in [6.07, 6.45) is 0. The lowest BCUT2D eigenvalue weighted by Crippen LogP contribution is -2.20. The maximum atomic E-state index is 10.9. The van der Waals surface area contributed by atoms with Crippen LogP contribution in [0.25, 0.3) is 0 Å². The highest BCUT2D eigenvalue weighted by Gasteiger charge is 2.07. The summed E-state index contributed by atoms with van der Waals surface area (Å²) in [7, 11) is -2.24. The summed E-state index contributed by atoms with van der Waals surface area (Å²) in [6, 6.07) is 0. The number of nitrogens with one attached hydrogen (secondary N) is 1. The molecule has 1 unspecified atom stereocenters. The number of rotatable bonds is 6. The second-order valence-corrected chi connectivity index (χ2v) is 3.63. The maximum absolute atomic E-state index is 10.9. The number of carbonyl (C=O) groups is 1. The molecule has 14 heavy (non-hydrogen) atoms. The van der Waals surface area contributed by atoms with Gasteiger partial charge in [-0.15, -0.1) is 4.52 Å². The number of ether oxygens (including phenoxy) is 1. The molecule has 82 valence electrons. The fraction of sp³-hybridized carbons (Fsp3) is 0.833. The highest BCUT2D eigenvalue weighted by molar-refractivity contribution is 7.33. The molecule has 0 aliphatic heterocycles. The molecule has 0 aromatic heterocycles. The average molecular weight is 243 g/mol. The number of halogens is 1. The van der Waals surface area contributed by atoms with Crippen LogP contribution >= 0.6 is 19.8 Å². The third kappa shape index (κ3) is 8.34. The van der Waals surface area contributed by atoms with Crippen molar-refractivity contribution < 1.29 is 18.9 Å². The van der Waals surface area contributed by atoms with E-state index in [-0.39, 0.29) is 6.54 Å². The number of carbonyl (C=O) groups excluding carboxylic acids is 1. The molecule has 0 aliphatic rings. The van der Waals surface area contributed by atoms with Crippen molar-refractivity contribution in [2.45, 2.75) is 19.4 Å². The van der Waals surface area contributed by atoms with Gasteiger partial charge in [-0.2, -0.15) is 5.43 Å². The summed E-state index contributed by atoms with van der Waals surface area (Å²) >= 11 is 5.38. The molecule has 0 bridgehead atoms. The molecule has 2 atom stereocenters. The molecule has 0 heterocycles. The molecule has 0 fully saturated rings. The van der Waals surface area contributed by atoms with Gasteiger partial charge in [-0.1, -0.05) is 11.6 Å². The van der Waals surface area contributed by atoms with Crippen LogP contribution in [0.5, 0.6) is 0 Å². The van der Waals surface area contributed by atoms with Crippen LogP contribution in [0.2, 0.25) is 0 Å². The topological polar surface area (TPSA) is 83.0 Å². The largest absolute Gasteiger partial charge is 0.582 e. The second-order valence-electron chi connectivity index (χ2n) is 2.13. The zero-order valence-electron chi connectivity index (χ0n) is 7.90.